The molecule has 178 valence electrons. The predicted molar refractivity (Wildman–Crippen MR) is 130 cm³/mol. The standard InChI is InChI=1S/C25H28N4O4S/c1-16(22-13-17-6-7-18(22)12-17)28-34(32,33)20-10-8-19(9-11-20)27-24(30)14-29-15-26-23-5-3-2-4-21(23)25(29)31/h2-5,8-11,15-18,22,28H,6-7,12-14H2,1H3,(H,27,30)/t16-,17+,18+,22+/m1/s1. The lowest BCUT2D eigenvalue weighted by atomic mass is 9.84. The summed E-state index contributed by atoms with van der Waals surface area (Å²) < 4.78 is 29.9. The zero-order valence-corrected chi connectivity index (χ0v) is 19.8. The minimum Gasteiger partial charge on any atom is -0.325 e. The van der Waals surface area contributed by atoms with E-state index in [0.717, 1.165) is 12.3 Å². The van der Waals surface area contributed by atoms with Gasteiger partial charge in [0.25, 0.3) is 5.56 Å². The molecule has 0 radical (unpaired) electrons. The molecular formula is C25H28N4O4S. The van der Waals surface area contributed by atoms with E-state index < -0.39 is 15.9 Å². The molecule has 34 heavy (non-hydrogen) atoms. The Morgan fingerprint density at radius 1 is 1.12 bits per heavy atom. The maximum Gasteiger partial charge on any atom is 0.261 e. The molecular weight excluding hydrogens is 452 g/mol. The first-order chi connectivity index (χ1) is 16.3. The van der Waals surface area contributed by atoms with Crippen LogP contribution in [-0.4, -0.2) is 29.9 Å². The van der Waals surface area contributed by atoms with Gasteiger partial charge in [0.05, 0.1) is 22.1 Å². The van der Waals surface area contributed by atoms with Crippen LogP contribution in [0.15, 0.2) is 64.5 Å². The maximum atomic E-state index is 12.9. The molecule has 1 heterocycles. The first kappa shape index (κ1) is 22.7. The summed E-state index contributed by atoms with van der Waals surface area (Å²) in [6.07, 6.45) is 6.17. The van der Waals surface area contributed by atoms with E-state index in [-0.39, 0.29) is 23.0 Å². The molecule has 2 saturated carbocycles. The lowest BCUT2D eigenvalue weighted by Crippen LogP contribution is -2.40. The highest BCUT2D eigenvalue weighted by Crippen LogP contribution is 2.49. The molecule has 2 bridgehead atoms. The van der Waals surface area contributed by atoms with Gasteiger partial charge in [-0.2, -0.15) is 0 Å². The van der Waals surface area contributed by atoms with Crippen LogP contribution >= 0.6 is 0 Å². The molecule has 0 spiro atoms. The number of rotatable bonds is 7. The zero-order chi connectivity index (χ0) is 23.9. The summed E-state index contributed by atoms with van der Waals surface area (Å²) in [5, 5.41) is 3.15. The molecule has 5 rings (SSSR count). The van der Waals surface area contributed by atoms with E-state index in [9.17, 15) is 18.0 Å². The van der Waals surface area contributed by atoms with E-state index in [0.29, 0.717) is 28.4 Å². The molecule has 9 heteroatoms. The number of sulfonamides is 1. The fraction of sp³-hybridized carbons (Fsp3) is 0.400. The van der Waals surface area contributed by atoms with Crippen LogP contribution < -0.4 is 15.6 Å². The van der Waals surface area contributed by atoms with Crippen molar-refractivity contribution in [2.75, 3.05) is 5.32 Å². The van der Waals surface area contributed by atoms with E-state index in [1.165, 1.54) is 42.3 Å². The lowest BCUT2D eigenvalue weighted by molar-refractivity contribution is -0.116. The van der Waals surface area contributed by atoms with Crippen molar-refractivity contribution in [3.8, 4) is 0 Å². The van der Waals surface area contributed by atoms with Crippen molar-refractivity contribution < 1.29 is 13.2 Å². The average molecular weight is 481 g/mol. The molecule has 2 aromatic carbocycles. The SMILES string of the molecule is C[C@@H](NS(=O)(=O)c1ccc(NC(=O)Cn2cnc3ccccc3c2=O)cc1)[C@@H]1C[C@H]2CC[C@H]1C2. The minimum atomic E-state index is -3.65. The van der Waals surface area contributed by atoms with Gasteiger partial charge in [-0.05, 0) is 80.3 Å². The van der Waals surface area contributed by atoms with Gasteiger partial charge in [-0.15, -0.1) is 0 Å². The van der Waals surface area contributed by atoms with E-state index >= 15 is 0 Å². The normalized spacial score (nSPS) is 22.7. The van der Waals surface area contributed by atoms with Gasteiger partial charge in [-0.25, -0.2) is 18.1 Å². The van der Waals surface area contributed by atoms with Crippen molar-refractivity contribution in [1.29, 1.82) is 0 Å². The largest absolute Gasteiger partial charge is 0.325 e. The number of carbonyl (C=O) groups is 1. The molecule has 4 atom stereocenters. The maximum absolute atomic E-state index is 12.9. The van der Waals surface area contributed by atoms with Crippen LogP contribution in [0.5, 0.6) is 0 Å². The van der Waals surface area contributed by atoms with Gasteiger partial charge in [-0.3, -0.25) is 14.2 Å². The smallest absolute Gasteiger partial charge is 0.261 e. The Hall–Kier alpha value is -3.04. The summed E-state index contributed by atoms with van der Waals surface area (Å²) in [5.41, 5.74) is 0.731. The number of amides is 1. The van der Waals surface area contributed by atoms with E-state index in [4.69, 9.17) is 0 Å². The number of carbonyl (C=O) groups excluding carboxylic acids is 1. The highest BCUT2D eigenvalue weighted by atomic mass is 32.2. The number of hydrogen-bond donors (Lipinski definition) is 2. The minimum absolute atomic E-state index is 0.103. The number of anilines is 1. The monoisotopic (exact) mass is 480 g/mol. The molecule has 2 aliphatic rings. The van der Waals surface area contributed by atoms with Crippen molar-refractivity contribution in [2.45, 2.75) is 50.1 Å². The molecule has 8 nitrogen and oxygen atoms in total. The Bertz CT molecular complexity index is 1380. The van der Waals surface area contributed by atoms with Gasteiger partial charge in [0.15, 0.2) is 0 Å². The molecule has 0 saturated heterocycles. The van der Waals surface area contributed by atoms with Crippen LogP contribution in [0.3, 0.4) is 0 Å². The van der Waals surface area contributed by atoms with E-state index in [1.807, 2.05) is 6.92 Å². The Kier molecular flexibility index (Phi) is 5.99. The number of fused-ring (bicyclic) bond motifs is 3. The van der Waals surface area contributed by atoms with Gasteiger partial charge in [0.2, 0.25) is 15.9 Å². The Labute approximate surface area is 198 Å². The predicted octanol–water partition coefficient (Wildman–Crippen LogP) is 3.14. The summed E-state index contributed by atoms with van der Waals surface area (Å²) in [6, 6.07) is 12.9. The molecule has 2 N–H and O–H groups in total. The summed E-state index contributed by atoms with van der Waals surface area (Å²) in [7, 11) is -3.65. The number of benzene rings is 2. The van der Waals surface area contributed by atoms with Crippen molar-refractivity contribution in [2.24, 2.45) is 17.8 Å². The van der Waals surface area contributed by atoms with Gasteiger partial charge in [0, 0.05) is 11.7 Å². The van der Waals surface area contributed by atoms with Gasteiger partial charge >= 0.3 is 0 Å². The van der Waals surface area contributed by atoms with Gasteiger partial charge in [0.1, 0.15) is 6.54 Å². The fourth-order valence-corrected chi connectivity index (χ4v) is 6.89. The first-order valence-corrected chi connectivity index (χ1v) is 13.1. The van der Waals surface area contributed by atoms with Crippen LogP contribution in [0.1, 0.15) is 32.6 Å². The van der Waals surface area contributed by atoms with E-state index in [1.54, 1.807) is 36.4 Å². The van der Waals surface area contributed by atoms with Crippen LogP contribution in [0.2, 0.25) is 0 Å². The second-order valence-corrected chi connectivity index (χ2v) is 11.2. The second-order valence-electron chi connectivity index (χ2n) is 9.52. The number of para-hydroxylation sites is 1. The third kappa shape index (κ3) is 4.50. The number of hydrogen-bond acceptors (Lipinski definition) is 5. The van der Waals surface area contributed by atoms with Crippen molar-refractivity contribution in [3.05, 3.63) is 65.2 Å². The molecule has 2 aliphatic carbocycles. The molecule has 2 fully saturated rings. The summed E-state index contributed by atoms with van der Waals surface area (Å²) in [6.45, 7) is 1.76. The molecule has 3 aromatic rings. The Morgan fingerprint density at radius 3 is 2.59 bits per heavy atom. The van der Waals surface area contributed by atoms with Gasteiger partial charge in [-0.1, -0.05) is 18.6 Å². The number of nitrogens with one attached hydrogen (secondary N) is 2. The molecule has 0 unspecified atom stereocenters. The Morgan fingerprint density at radius 2 is 1.88 bits per heavy atom. The van der Waals surface area contributed by atoms with Crippen LogP contribution in [0.25, 0.3) is 10.9 Å². The topological polar surface area (TPSA) is 110 Å². The highest BCUT2D eigenvalue weighted by molar-refractivity contribution is 7.89. The summed E-state index contributed by atoms with van der Waals surface area (Å²) in [5.74, 6) is 1.38. The highest BCUT2D eigenvalue weighted by Gasteiger charge is 2.42. The van der Waals surface area contributed by atoms with Crippen molar-refractivity contribution in [1.82, 2.24) is 14.3 Å². The third-order valence-electron chi connectivity index (χ3n) is 7.27. The number of nitrogens with zero attached hydrogens (tertiary/aromatic N) is 2. The quantitative estimate of drug-likeness (QED) is 0.540. The second kappa shape index (κ2) is 8.96. The van der Waals surface area contributed by atoms with Crippen LogP contribution in [0.4, 0.5) is 5.69 Å². The van der Waals surface area contributed by atoms with E-state index in [2.05, 4.69) is 15.0 Å². The third-order valence-corrected chi connectivity index (χ3v) is 8.84. The van der Waals surface area contributed by atoms with Crippen LogP contribution in [-0.2, 0) is 21.4 Å². The number of aromatic nitrogens is 2. The average Bonchev–Trinajstić information content (AvgIpc) is 3.45. The van der Waals surface area contributed by atoms with Crippen LogP contribution in [0, 0.1) is 17.8 Å². The van der Waals surface area contributed by atoms with Gasteiger partial charge < -0.3 is 5.32 Å². The molecule has 0 aliphatic heterocycles. The first-order valence-electron chi connectivity index (χ1n) is 11.7. The van der Waals surface area contributed by atoms with Crippen molar-refractivity contribution >= 4 is 32.5 Å². The fourth-order valence-electron chi connectivity index (χ4n) is 5.60. The summed E-state index contributed by atoms with van der Waals surface area (Å²) >= 11 is 0. The Balaban J connectivity index is 1.22. The molecule has 1 amide bonds. The zero-order valence-electron chi connectivity index (χ0n) is 19.0. The lowest BCUT2D eigenvalue weighted by Gasteiger charge is -2.28. The van der Waals surface area contributed by atoms with Crippen molar-refractivity contribution in [3.63, 3.8) is 0 Å². The molecule has 1 aromatic heterocycles. The summed E-state index contributed by atoms with van der Waals surface area (Å²) in [4.78, 5) is 29.4.